The van der Waals surface area contributed by atoms with E-state index in [1.54, 1.807) is 11.1 Å². The molecule has 5 heteroatoms. The summed E-state index contributed by atoms with van der Waals surface area (Å²) in [5, 5.41) is 0. The lowest BCUT2D eigenvalue weighted by atomic mass is 9.75. The monoisotopic (exact) mass is 399 g/mol. The third kappa shape index (κ3) is 3.71. The van der Waals surface area contributed by atoms with E-state index in [0.29, 0.717) is 25.1 Å². The molecule has 152 valence electrons. The van der Waals surface area contributed by atoms with E-state index in [-0.39, 0.29) is 12.5 Å². The van der Waals surface area contributed by atoms with Crippen molar-refractivity contribution >= 4 is 11.8 Å². The molecule has 0 aliphatic carbocycles. The maximum absolute atomic E-state index is 13.8. The fraction of sp³-hybridized carbons (Fsp3) is 0.240. The maximum Gasteiger partial charge on any atom is 0.234 e. The molecule has 1 aliphatic heterocycles. The Balaban J connectivity index is 1.71. The van der Waals surface area contributed by atoms with Crippen molar-refractivity contribution in [1.29, 1.82) is 0 Å². The van der Waals surface area contributed by atoms with Gasteiger partial charge in [-0.25, -0.2) is 0 Å². The summed E-state index contributed by atoms with van der Waals surface area (Å²) >= 11 is 0. The van der Waals surface area contributed by atoms with E-state index >= 15 is 0 Å². The molecule has 1 fully saturated rings. The molecule has 1 aliphatic rings. The number of primary amides is 1. The molecular weight excluding hydrogens is 374 g/mol. The molecule has 0 unspecified atom stereocenters. The van der Waals surface area contributed by atoms with Crippen LogP contribution in [0.15, 0.2) is 85.1 Å². The van der Waals surface area contributed by atoms with Gasteiger partial charge in [-0.05, 0) is 36.1 Å². The Morgan fingerprint density at radius 3 is 2.03 bits per heavy atom. The van der Waals surface area contributed by atoms with Gasteiger partial charge in [-0.3, -0.25) is 14.6 Å². The number of amides is 2. The van der Waals surface area contributed by atoms with Gasteiger partial charge in [0.15, 0.2) is 0 Å². The zero-order valence-corrected chi connectivity index (χ0v) is 16.8. The van der Waals surface area contributed by atoms with Crippen molar-refractivity contribution in [2.24, 2.45) is 5.73 Å². The van der Waals surface area contributed by atoms with Crippen molar-refractivity contribution in [2.75, 3.05) is 13.1 Å². The number of hydrogen-bond donors (Lipinski definition) is 1. The fourth-order valence-corrected chi connectivity index (χ4v) is 4.38. The van der Waals surface area contributed by atoms with Gasteiger partial charge in [-0.2, -0.15) is 0 Å². The molecule has 2 aromatic carbocycles. The molecule has 1 aromatic heterocycles. The Hall–Kier alpha value is -3.47. The summed E-state index contributed by atoms with van der Waals surface area (Å²) in [6.07, 6.45) is 2.95. The predicted molar refractivity (Wildman–Crippen MR) is 116 cm³/mol. The molecule has 0 radical (unpaired) electrons. The minimum atomic E-state index is -0.965. The summed E-state index contributed by atoms with van der Waals surface area (Å²) < 4.78 is 0. The number of benzene rings is 2. The van der Waals surface area contributed by atoms with E-state index in [1.807, 2.05) is 78.9 Å². The van der Waals surface area contributed by atoms with Crippen LogP contribution < -0.4 is 5.73 Å². The first-order chi connectivity index (χ1) is 14.6. The van der Waals surface area contributed by atoms with Gasteiger partial charge in [0.1, 0.15) is 5.41 Å². The Kier molecular flexibility index (Phi) is 5.61. The standard InChI is InChI=1S/C25H25N3O2/c26-24(30)25(21-14-7-8-16-27-21)15-9-17-28(18-25)23(29)22(19-10-3-1-4-11-19)20-12-5-2-6-13-20/h1-8,10-14,16,22H,9,15,17-18H2,(H2,26,30)/t25-/m1/s1. The molecule has 0 spiro atoms. The van der Waals surface area contributed by atoms with Crippen LogP contribution >= 0.6 is 0 Å². The fourth-order valence-electron chi connectivity index (χ4n) is 4.38. The molecule has 4 rings (SSSR count). The van der Waals surface area contributed by atoms with Crippen LogP contribution in [0.25, 0.3) is 0 Å². The molecule has 5 nitrogen and oxygen atoms in total. The van der Waals surface area contributed by atoms with Gasteiger partial charge >= 0.3 is 0 Å². The van der Waals surface area contributed by atoms with Crippen LogP contribution in [0.1, 0.15) is 35.6 Å². The number of piperidine rings is 1. The molecule has 2 amide bonds. The number of rotatable bonds is 5. The van der Waals surface area contributed by atoms with Gasteiger partial charge in [-0.1, -0.05) is 66.7 Å². The third-order valence-electron chi connectivity index (χ3n) is 5.94. The number of nitrogens with zero attached hydrogens (tertiary/aromatic N) is 2. The summed E-state index contributed by atoms with van der Waals surface area (Å²) in [7, 11) is 0. The third-order valence-corrected chi connectivity index (χ3v) is 5.94. The van der Waals surface area contributed by atoms with Crippen molar-refractivity contribution < 1.29 is 9.59 Å². The first kappa shape index (κ1) is 19.8. The second kappa shape index (κ2) is 8.49. The van der Waals surface area contributed by atoms with Gasteiger partial charge in [0, 0.05) is 19.3 Å². The smallest absolute Gasteiger partial charge is 0.234 e. The quantitative estimate of drug-likeness (QED) is 0.715. The van der Waals surface area contributed by atoms with E-state index < -0.39 is 17.2 Å². The van der Waals surface area contributed by atoms with Crippen molar-refractivity contribution in [3.63, 3.8) is 0 Å². The number of pyridine rings is 1. The van der Waals surface area contributed by atoms with Crippen LogP contribution in [0.5, 0.6) is 0 Å². The van der Waals surface area contributed by atoms with Gasteiger partial charge in [0.2, 0.25) is 11.8 Å². The van der Waals surface area contributed by atoms with Crippen LogP contribution in [0.3, 0.4) is 0 Å². The second-order valence-electron chi connectivity index (χ2n) is 7.78. The van der Waals surface area contributed by atoms with E-state index in [9.17, 15) is 9.59 Å². The van der Waals surface area contributed by atoms with E-state index in [0.717, 1.165) is 11.1 Å². The molecule has 2 heterocycles. The predicted octanol–water partition coefficient (Wildman–Crippen LogP) is 3.26. The molecule has 2 N–H and O–H groups in total. The van der Waals surface area contributed by atoms with Crippen LogP contribution in [-0.2, 0) is 15.0 Å². The SMILES string of the molecule is NC(=O)[C@]1(c2ccccn2)CCCN(C(=O)C(c2ccccc2)c2ccccc2)C1. The normalized spacial score (nSPS) is 18.9. The molecule has 30 heavy (non-hydrogen) atoms. The van der Waals surface area contributed by atoms with Gasteiger partial charge < -0.3 is 10.6 Å². The number of carbonyl (C=O) groups excluding carboxylic acids is 2. The Labute approximate surface area is 176 Å². The number of carbonyl (C=O) groups is 2. The van der Waals surface area contributed by atoms with Gasteiger partial charge in [0.25, 0.3) is 0 Å². The van der Waals surface area contributed by atoms with E-state index in [2.05, 4.69) is 4.98 Å². The summed E-state index contributed by atoms with van der Waals surface area (Å²) in [5.74, 6) is -0.886. The Morgan fingerprint density at radius 2 is 1.50 bits per heavy atom. The lowest BCUT2D eigenvalue weighted by molar-refractivity contribution is -0.136. The average Bonchev–Trinajstić information content (AvgIpc) is 2.81. The van der Waals surface area contributed by atoms with E-state index in [4.69, 9.17) is 5.73 Å². The lowest BCUT2D eigenvalue weighted by Crippen LogP contribution is -2.56. The molecule has 3 aromatic rings. The van der Waals surface area contributed by atoms with Gasteiger partial charge in [-0.15, -0.1) is 0 Å². The highest BCUT2D eigenvalue weighted by molar-refractivity contribution is 5.90. The first-order valence-electron chi connectivity index (χ1n) is 10.2. The molecular formula is C25H25N3O2. The largest absolute Gasteiger partial charge is 0.369 e. The highest BCUT2D eigenvalue weighted by Crippen LogP contribution is 2.35. The second-order valence-corrected chi connectivity index (χ2v) is 7.78. The maximum atomic E-state index is 13.8. The zero-order chi connectivity index (χ0) is 21.0. The van der Waals surface area contributed by atoms with Crippen molar-refractivity contribution in [3.05, 3.63) is 102 Å². The minimum absolute atomic E-state index is 0.0198. The molecule has 0 saturated carbocycles. The molecule has 1 saturated heterocycles. The van der Waals surface area contributed by atoms with Crippen LogP contribution in [-0.4, -0.2) is 34.8 Å². The van der Waals surface area contributed by atoms with Gasteiger partial charge in [0.05, 0.1) is 11.6 Å². The average molecular weight is 399 g/mol. The molecule has 1 atom stereocenters. The highest BCUT2D eigenvalue weighted by atomic mass is 16.2. The first-order valence-corrected chi connectivity index (χ1v) is 10.2. The zero-order valence-electron chi connectivity index (χ0n) is 16.8. The lowest BCUT2D eigenvalue weighted by Gasteiger charge is -2.41. The summed E-state index contributed by atoms with van der Waals surface area (Å²) in [6.45, 7) is 0.839. The molecule has 0 bridgehead atoms. The van der Waals surface area contributed by atoms with Crippen LogP contribution in [0.2, 0.25) is 0 Å². The Morgan fingerprint density at radius 1 is 0.900 bits per heavy atom. The summed E-state index contributed by atoms with van der Waals surface area (Å²) in [6, 6.07) is 25.0. The van der Waals surface area contributed by atoms with Crippen molar-refractivity contribution in [1.82, 2.24) is 9.88 Å². The number of aromatic nitrogens is 1. The number of hydrogen-bond acceptors (Lipinski definition) is 3. The van der Waals surface area contributed by atoms with Crippen LogP contribution in [0, 0.1) is 0 Å². The van der Waals surface area contributed by atoms with E-state index in [1.165, 1.54) is 0 Å². The Bertz CT molecular complexity index is 969. The number of nitrogens with two attached hydrogens (primary N) is 1. The van der Waals surface area contributed by atoms with Crippen LogP contribution in [0.4, 0.5) is 0 Å². The highest BCUT2D eigenvalue weighted by Gasteiger charge is 2.45. The summed E-state index contributed by atoms with van der Waals surface area (Å²) in [4.78, 5) is 32.6. The van der Waals surface area contributed by atoms with Crippen molar-refractivity contribution in [3.8, 4) is 0 Å². The van der Waals surface area contributed by atoms with Crippen molar-refractivity contribution in [2.45, 2.75) is 24.2 Å². The number of likely N-dealkylation sites (tertiary alicyclic amines) is 1. The minimum Gasteiger partial charge on any atom is -0.369 e. The summed E-state index contributed by atoms with van der Waals surface area (Å²) in [5.41, 5.74) is 7.41. The topological polar surface area (TPSA) is 76.3 Å².